The van der Waals surface area contributed by atoms with Crippen LogP contribution >= 0.6 is 0 Å². The van der Waals surface area contributed by atoms with Crippen LogP contribution in [0.1, 0.15) is 25.8 Å². The summed E-state index contributed by atoms with van der Waals surface area (Å²) in [6.45, 7) is 4.90. The minimum absolute atomic E-state index is 0.250. The molecule has 0 bridgehead atoms. The topological polar surface area (TPSA) is 73.9 Å². The van der Waals surface area contributed by atoms with Gasteiger partial charge in [-0.1, -0.05) is 6.07 Å². The highest BCUT2D eigenvalue weighted by atomic mass is 16.5. The van der Waals surface area contributed by atoms with Gasteiger partial charge in [0.15, 0.2) is 11.5 Å². The predicted molar refractivity (Wildman–Crippen MR) is 82.1 cm³/mol. The molecule has 6 nitrogen and oxygen atoms in total. The lowest BCUT2D eigenvalue weighted by Gasteiger charge is -2.11. The van der Waals surface area contributed by atoms with Gasteiger partial charge in [0.05, 0.1) is 20.3 Å². The maximum Gasteiger partial charge on any atom is 0.315 e. The van der Waals surface area contributed by atoms with Gasteiger partial charge in [0, 0.05) is 6.54 Å². The lowest BCUT2D eigenvalue weighted by molar-refractivity contribution is -0.145. The average molecular weight is 309 g/mol. The molecule has 1 rings (SSSR count). The van der Waals surface area contributed by atoms with E-state index >= 15 is 0 Å². The molecule has 0 saturated carbocycles. The molecular formula is C16H23NO5. The first-order chi connectivity index (χ1) is 10.6. The summed E-state index contributed by atoms with van der Waals surface area (Å²) in [7, 11) is 1.59. The Kier molecular flexibility index (Phi) is 7.81. The molecule has 0 unspecified atom stereocenters. The van der Waals surface area contributed by atoms with Crippen LogP contribution in [-0.2, 0) is 20.7 Å². The fraction of sp³-hybridized carbons (Fsp3) is 0.500. The fourth-order valence-electron chi connectivity index (χ4n) is 1.89. The Morgan fingerprint density at radius 3 is 2.55 bits per heavy atom. The molecule has 1 N–H and O–H groups in total. The van der Waals surface area contributed by atoms with Crippen LogP contribution in [0.5, 0.6) is 11.5 Å². The fourth-order valence-corrected chi connectivity index (χ4v) is 1.89. The highest BCUT2D eigenvalue weighted by Crippen LogP contribution is 2.28. The van der Waals surface area contributed by atoms with Crippen molar-refractivity contribution in [2.24, 2.45) is 0 Å². The molecule has 1 amide bonds. The van der Waals surface area contributed by atoms with Gasteiger partial charge in [-0.15, -0.1) is 0 Å². The van der Waals surface area contributed by atoms with Crippen LogP contribution in [-0.4, -0.2) is 38.7 Å². The van der Waals surface area contributed by atoms with E-state index in [1.54, 1.807) is 14.0 Å². The summed E-state index contributed by atoms with van der Waals surface area (Å²) in [6, 6.07) is 5.64. The molecule has 0 spiro atoms. The van der Waals surface area contributed by atoms with E-state index in [1.165, 1.54) is 0 Å². The van der Waals surface area contributed by atoms with Crippen molar-refractivity contribution in [1.29, 1.82) is 0 Å². The first-order valence-electron chi connectivity index (χ1n) is 7.32. The van der Waals surface area contributed by atoms with Gasteiger partial charge in [-0.05, 0) is 38.0 Å². The summed E-state index contributed by atoms with van der Waals surface area (Å²) in [5, 5.41) is 2.69. The number of hydrogen-bond acceptors (Lipinski definition) is 5. The molecule has 0 heterocycles. The molecule has 0 aliphatic heterocycles. The zero-order valence-electron chi connectivity index (χ0n) is 13.3. The minimum atomic E-state index is -0.511. The summed E-state index contributed by atoms with van der Waals surface area (Å²) < 4.78 is 15.4. The van der Waals surface area contributed by atoms with E-state index in [1.807, 2.05) is 25.1 Å². The minimum Gasteiger partial charge on any atom is -0.493 e. The van der Waals surface area contributed by atoms with Gasteiger partial charge in [-0.25, -0.2) is 0 Å². The molecule has 0 radical (unpaired) electrons. The lowest BCUT2D eigenvalue weighted by atomic mass is 10.1. The van der Waals surface area contributed by atoms with Crippen LogP contribution in [0.25, 0.3) is 0 Å². The second-order valence-electron chi connectivity index (χ2n) is 4.50. The van der Waals surface area contributed by atoms with E-state index in [-0.39, 0.29) is 18.9 Å². The molecule has 22 heavy (non-hydrogen) atoms. The molecule has 1 aromatic carbocycles. The average Bonchev–Trinajstić information content (AvgIpc) is 2.49. The lowest BCUT2D eigenvalue weighted by Crippen LogP contribution is -2.28. The normalized spacial score (nSPS) is 9.95. The summed E-state index contributed by atoms with van der Waals surface area (Å²) in [6.07, 6.45) is 0.387. The van der Waals surface area contributed by atoms with Gasteiger partial charge in [0.1, 0.15) is 6.42 Å². The predicted octanol–water partition coefficient (Wildman–Crippen LogP) is 1.71. The number of methoxy groups -OCH3 is 1. The number of benzene rings is 1. The van der Waals surface area contributed by atoms with Gasteiger partial charge < -0.3 is 19.5 Å². The molecular weight excluding hydrogens is 286 g/mol. The van der Waals surface area contributed by atoms with E-state index in [9.17, 15) is 9.59 Å². The third-order valence-corrected chi connectivity index (χ3v) is 2.87. The van der Waals surface area contributed by atoms with Gasteiger partial charge in [-0.2, -0.15) is 0 Å². The highest BCUT2D eigenvalue weighted by Gasteiger charge is 2.10. The third kappa shape index (κ3) is 6.03. The number of esters is 1. The Morgan fingerprint density at radius 1 is 1.14 bits per heavy atom. The Hall–Kier alpha value is -2.24. The number of carbonyl (C=O) groups is 2. The Bertz CT molecular complexity index is 501. The van der Waals surface area contributed by atoms with Gasteiger partial charge in [-0.3, -0.25) is 9.59 Å². The Morgan fingerprint density at radius 2 is 1.91 bits per heavy atom. The van der Waals surface area contributed by atoms with Crippen molar-refractivity contribution in [3.05, 3.63) is 23.8 Å². The Labute approximate surface area is 130 Å². The van der Waals surface area contributed by atoms with Crippen LogP contribution in [0, 0.1) is 0 Å². The molecule has 0 aromatic heterocycles. The molecule has 6 heteroatoms. The van der Waals surface area contributed by atoms with Crippen molar-refractivity contribution >= 4 is 11.9 Å². The third-order valence-electron chi connectivity index (χ3n) is 2.87. The first kappa shape index (κ1) is 17.8. The summed E-state index contributed by atoms with van der Waals surface area (Å²) >= 11 is 0. The maximum atomic E-state index is 11.5. The number of nitrogens with one attached hydrogen (secondary N) is 1. The number of ether oxygens (including phenoxy) is 3. The van der Waals surface area contributed by atoms with E-state index in [2.05, 4.69) is 5.32 Å². The van der Waals surface area contributed by atoms with Crippen molar-refractivity contribution in [1.82, 2.24) is 5.32 Å². The standard InChI is InChI=1S/C16H23NO5/c1-4-21-13-7-6-12(10-14(13)20-3)8-9-17-15(18)11-16(19)22-5-2/h6-7,10H,4-5,8-9,11H2,1-3H3,(H,17,18). The number of rotatable bonds is 9. The van der Waals surface area contributed by atoms with Crippen LogP contribution in [0.15, 0.2) is 18.2 Å². The number of carbonyl (C=O) groups excluding carboxylic acids is 2. The van der Waals surface area contributed by atoms with E-state index < -0.39 is 5.97 Å². The first-order valence-corrected chi connectivity index (χ1v) is 7.32. The number of hydrogen-bond donors (Lipinski definition) is 1. The molecule has 0 saturated heterocycles. The van der Waals surface area contributed by atoms with Crippen molar-refractivity contribution in [3.63, 3.8) is 0 Å². The SMILES string of the molecule is CCOC(=O)CC(=O)NCCc1ccc(OCC)c(OC)c1. The maximum absolute atomic E-state index is 11.5. The molecule has 0 atom stereocenters. The molecule has 0 fully saturated rings. The molecule has 0 aliphatic carbocycles. The smallest absolute Gasteiger partial charge is 0.315 e. The van der Waals surface area contributed by atoms with Crippen molar-refractivity contribution in [2.75, 3.05) is 26.9 Å². The zero-order valence-corrected chi connectivity index (χ0v) is 13.3. The monoisotopic (exact) mass is 309 g/mol. The van der Waals surface area contributed by atoms with E-state index in [0.29, 0.717) is 31.1 Å². The van der Waals surface area contributed by atoms with Gasteiger partial charge in [0.25, 0.3) is 0 Å². The summed E-state index contributed by atoms with van der Waals surface area (Å²) in [5.74, 6) is 0.511. The van der Waals surface area contributed by atoms with Crippen LogP contribution in [0.2, 0.25) is 0 Å². The largest absolute Gasteiger partial charge is 0.493 e. The van der Waals surface area contributed by atoms with E-state index in [4.69, 9.17) is 14.2 Å². The summed E-state index contributed by atoms with van der Waals surface area (Å²) in [4.78, 5) is 22.7. The molecule has 0 aliphatic rings. The summed E-state index contributed by atoms with van der Waals surface area (Å²) in [5.41, 5.74) is 1.01. The van der Waals surface area contributed by atoms with Crippen molar-refractivity contribution < 1.29 is 23.8 Å². The Balaban J connectivity index is 2.44. The van der Waals surface area contributed by atoms with Crippen molar-refractivity contribution in [2.45, 2.75) is 26.7 Å². The van der Waals surface area contributed by atoms with Gasteiger partial charge >= 0.3 is 5.97 Å². The van der Waals surface area contributed by atoms with Crippen LogP contribution in [0.3, 0.4) is 0 Å². The quantitative estimate of drug-likeness (QED) is 0.555. The molecule has 1 aromatic rings. The molecule has 122 valence electrons. The highest BCUT2D eigenvalue weighted by molar-refractivity contribution is 5.94. The number of amides is 1. The second kappa shape index (κ2) is 9.65. The second-order valence-corrected chi connectivity index (χ2v) is 4.50. The van der Waals surface area contributed by atoms with E-state index in [0.717, 1.165) is 5.56 Å². The zero-order chi connectivity index (χ0) is 16.4. The van der Waals surface area contributed by atoms with Crippen LogP contribution < -0.4 is 14.8 Å². The van der Waals surface area contributed by atoms with Crippen LogP contribution in [0.4, 0.5) is 0 Å². The van der Waals surface area contributed by atoms with Gasteiger partial charge in [0.2, 0.25) is 5.91 Å². The van der Waals surface area contributed by atoms with Crippen molar-refractivity contribution in [3.8, 4) is 11.5 Å².